The van der Waals surface area contributed by atoms with Crippen LogP contribution in [0.2, 0.25) is 0 Å². The van der Waals surface area contributed by atoms with Gasteiger partial charge in [-0.15, -0.1) is 0 Å². The van der Waals surface area contributed by atoms with Crippen LogP contribution < -0.4 is 20.8 Å². The van der Waals surface area contributed by atoms with Crippen LogP contribution >= 0.6 is 0 Å². The van der Waals surface area contributed by atoms with E-state index >= 15 is 0 Å². The number of hydrazone groups is 1. The number of hydrogen-bond donors (Lipinski definition) is 3. The van der Waals surface area contributed by atoms with Crippen molar-refractivity contribution in [3.05, 3.63) is 59.7 Å². The van der Waals surface area contributed by atoms with E-state index in [1.54, 1.807) is 31.2 Å². The zero-order chi connectivity index (χ0) is 25.8. The first-order chi connectivity index (χ1) is 17.4. The van der Waals surface area contributed by atoms with Gasteiger partial charge in [0.25, 0.3) is 5.91 Å². The molecule has 0 bridgehead atoms. The smallest absolute Gasteiger partial charge is 0.338 e. The summed E-state index contributed by atoms with van der Waals surface area (Å²) in [6, 6.07) is 13.0. The van der Waals surface area contributed by atoms with Crippen LogP contribution in [0.4, 0.5) is 5.69 Å². The molecular formula is C26H30N4O6. The molecule has 1 aliphatic rings. The van der Waals surface area contributed by atoms with Crippen LogP contribution in [0.1, 0.15) is 54.9 Å². The van der Waals surface area contributed by atoms with Gasteiger partial charge in [-0.2, -0.15) is 5.10 Å². The van der Waals surface area contributed by atoms with Gasteiger partial charge in [-0.1, -0.05) is 19.3 Å². The third-order valence-corrected chi connectivity index (χ3v) is 5.46. The maximum Gasteiger partial charge on any atom is 0.338 e. The van der Waals surface area contributed by atoms with E-state index in [4.69, 9.17) is 9.47 Å². The van der Waals surface area contributed by atoms with Gasteiger partial charge in [0, 0.05) is 11.7 Å². The fraction of sp³-hybridized carbons (Fsp3) is 0.346. The summed E-state index contributed by atoms with van der Waals surface area (Å²) >= 11 is 0. The molecule has 3 N–H and O–H groups in total. The first-order valence-electron chi connectivity index (χ1n) is 11.9. The minimum absolute atomic E-state index is 0.0549. The molecule has 10 heteroatoms. The summed E-state index contributed by atoms with van der Waals surface area (Å²) in [5.74, 6) is -1.94. The summed E-state index contributed by atoms with van der Waals surface area (Å²) < 4.78 is 10.4. The summed E-state index contributed by atoms with van der Waals surface area (Å²) in [7, 11) is 0. The highest BCUT2D eigenvalue weighted by atomic mass is 16.5. The van der Waals surface area contributed by atoms with Crippen LogP contribution in [-0.2, 0) is 19.1 Å². The van der Waals surface area contributed by atoms with Crippen LogP contribution in [0.5, 0.6) is 5.75 Å². The molecule has 0 heterocycles. The molecule has 36 heavy (non-hydrogen) atoms. The summed E-state index contributed by atoms with van der Waals surface area (Å²) in [6.45, 7) is 1.91. The Labute approximate surface area is 209 Å². The fourth-order valence-corrected chi connectivity index (χ4v) is 3.62. The molecule has 190 valence electrons. The Balaban J connectivity index is 1.39. The van der Waals surface area contributed by atoms with E-state index in [0.29, 0.717) is 22.6 Å². The predicted molar refractivity (Wildman–Crippen MR) is 134 cm³/mol. The van der Waals surface area contributed by atoms with Crippen LogP contribution in [0.3, 0.4) is 0 Å². The third kappa shape index (κ3) is 8.53. The number of anilines is 1. The van der Waals surface area contributed by atoms with E-state index < -0.39 is 17.8 Å². The number of amides is 3. The van der Waals surface area contributed by atoms with Crippen molar-refractivity contribution in [2.24, 2.45) is 5.10 Å². The van der Waals surface area contributed by atoms with Gasteiger partial charge < -0.3 is 20.1 Å². The number of nitrogens with zero attached hydrogens (tertiary/aromatic N) is 1. The lowest BCUT2D eigenvalue weighted by molar-refractivity contribution is -0.136. The Hall–Kier alpha value is -4.21. The third-order valence-electron chi connectivity index (χ3n) is 5.46. The number of carbonyl (C=O) groups excluding carboxylic acids is 4. The Kier molecular flexibility index (Phi) is 9.99. The van der Waals surface area contributed by atoms with Crippen molar-refractivity contribution in [1.29, 1.82) is 0 Å². The van der Waals surface area contributed by atoms with Crippen molar-refractivity contribution in [1.82, 2.24) is 10.7 Å². The van der Waals surface area contributed by atoms with Gasteiger partial charge in [0.05, 0.1) is 18.4 Å². The van der Waals surface area contributed by atoms with E-state index in [2.05, 4.69) is 21.2 Å². The minimum atomic E-state index is -0.954. The summed E-state index contributed by atoms with van der Waals surface area (Å²) in [5, 5.41) is 9.20. The molecular weight excluding hydrogens is 464 g/mol. The van der Waals surface area contributed by atoms with Gasteiger partial charge in [0.2, 0.25) is 0 Å². The summed E-state index contributed by atoms with van der Waals surface area (Å²) in [4.78, 5) is 47.7. The summed E-state index contributed by atoms with van der Waals surface area (Å²) in [6.07, 6.45) is 6.92. The Morgan fingerprint density at radius 3 is 2.31 bits per heavy atom. The quantitative estimate of drug-likeness (QED) is 0.212. The molecule has 0 atom stereocenters. The number of hydrogen-bond acceptors (Lipinski definition) is 7. The van der Waals surface area contributed by atoms with Crippen molar-refractivity contribution in [2.45, 2.75) is 45.1 Å². The largest absolute Gasteiger partial charge is 0.484 e. The molecule has 0 radical (unpaired) electrons. The SMILES string of the molecule is CCOC(=O)c1ccc(NC(=O)C(=O)N/N=C/c2ccc(OCC(=O)NC3CCCCC3)cc2)cc1. The number of rotatable bonds is 9. The second-order valence-corrected chi connectivity index (χ2v) is 8.21. The van der Waals surface area contributed by atoms with E-state index in [0.717, 1.165) is 25.7 Å². The second kappa shape index (κ2) is 13.6. The lowest BCUT2D eigenvalue weighted by Crippen LogP contribution is -2.38. The predicted octanol–water partition coefficient (Wildman–Crippen LogP) is 2.78. The molecule has 3 amide bonds. The lowest BCUT2D eigenvalue weighted by Gasteiger charge is -2.22. The molecule has 0 unspecified atom stereocenters. The summed E-state index contributed by atoms with van der Waals surface area (Å²) in [5.41, 5.74) is 3.49. The minimum Gasteiger partial charge on any atom is -0.484 e. The number of esters is 1. The highest BCUT2D eigenvalue weighted by molar-refractivity contribution is 6.39. The number of nitrogens with one attached hydrogen (secondary N) is 3. The molecule has 0 saturated heterocycles. The lowest BCUT2D eigenvalue weighted by atomic mass is 9.95. The Morgan fingerprint density at radius 1 is 0.944 bits per heavy atom. The fourth-order valence-electron chi connectivity index (χ4n) is 3.62. The van der Waals surface area contributed by atoms with Crippen LogP contribution in [-0.4, -0.2) is 49.2 Å². The first-order valence-corrected chi connectivity index (χ1v) is 11.9. The van der Waals surface area contributed by atoms with E-state index in [1.807, 2.05) is 0 Å². The average molecular weight is 495 g/mol. The molecule has 0 spiro atoms. The monoisotopic (exact) mass is 494 g/mol. The molecule has 10 nitrogen and oxygen atoms in total. The van der Waals surface area contributed by atoms with Gasteiger partial charge in [0.15, 0.2) is 6.61 Å². The van der Waals surface area contributed by atoms with Crippen molar-refractivity contribution in [3.63, 3.8) is 0 Å². The zero-order valence-electron chi connectivity index (χ0n) is 20.1. The van der Waals surface area contributed by atoms with Crippen LogP contribution in [0.25, 0.3) is 0 Å². The molecule has 2 aromatic rings. The normalized spacial score (nSPS) is 13.6. The van der Waals surface area contributed by atoms with E-state index in [1.165, 1.54) is 36.9 Å². The topological polar surface area (TPSA) is 135 Å². The zero-order valence-corrected chi connectivity index (χ0v) is 20.1. The van der Waals surface area contributed by atoms with E-state index in [9.17, 15) is 19.2 Å². The van der Waals surface area contributed by atoms with Crippen molar-refractivity contribution < 1.29 is 28.7 Å². The van der Waals surface area contributed by atoms with Crippen molar-refractivity contribution in [3.8, 4) is 5.75 Å². The Morgan fingerprint density at radius 2 is 1.64 bits per heavy atom. The highest BCUT2D eigenvalue weighted by Gasteiger charge is 2.16. The van der Waals surface area contributed by atoms with Gasteiger partial charge in [0.1, 0.15) is 5.75 Å². The number of benzene rings is 2. The first kappa shape index (κ1) is 26.4. The van der Waals surface area contributed by atoms with Gasteiger partial charge in [-0.25, -0.2) is 10.2 Å². The highest BCUT2D eigenvalue weighted by Crippen LogP contribution is 2.17. The molecule has 3 rings (SSSR count). The van der Waals surface area contributed by atoms with Gasteiger partial charge >= 0.3 is 17.8 Å². The van der Waals surface area contributed by atoms with E-state index in [-0.39, 0.29) is 25.2 Å². The van der Waals surface area contributed by atoms with Gasteiger partial charge in [-0.3, -0.25) is 14.4 Å². The molecule has 0 aromatic heterocycles. The average Bonchev–Trinajstić information content (AvgIpc) is 2.89. The Bertz CT molecular complexity index is 1080. The van der Waals surface area contributed by atoms with Crippen LogP contribution in [0.15, 0.2) is 53.6 Å². The molecule has 2 aromatic carbocycles. The number of ether oxygens (including phenoxy) is 2. The maximum absolute atomic E-state index is 12.0. The standard InChI is InChI=1S/C26H30N4O6/c1-2-35-26(34)19-10-12-21(13-11-19)29-24(32)25(33)30-27-16-18-8-14-22(15-9-18)36-17-23(31)28-20-6-4-3-5-7-20/h8-16,20H,2-7,17H2,1H3,(H,28,31)(H,29,32)(H,30,33)/b27-16+. The van der Waals surface area contributed by atoms with Crippen molar-refractivity contribution in [2.75, 3.05) is 18.5 Å². The second-order valence-electron chi connectivity index (χ2n) is 8.21. The molecule has 1 aliphatic carbocycles. The number of carbonyl (C=O) groups is 4. The molecule has 0 aliphatic heterocycles. The van der Waals surface area contributed by atoms with Gasteiger partial charge in [-0.05, 0) is 73.9 Å². The van der Waals surface area contributed by atoms with Crippen LogP contribution in [0, 0.1) is 0 Å². The molecule has 1 saturated carbocycles. The van der Waals surface area contributed by atoms with Crippen molar-refractivity contribution >= 4 is 35.6 Å². The maximum atomic E-state index is 12.0. The molecule has 1 fully saturated rings.